The molecule has 2 aromatic carbocycles. The average Bonchev–Trinajstić information content (AvgIpc) is 3.07. The number of rotatable bonds is 0. The largest absolute Gasteiger partial charge is 0.354 e. The molecule has 0 atom stereocenters. The predicted octanol–water partition coefficient (Wildman–Crippen LogP) is 6.40. The van der Waals surface area contributed by atoms with Crippen molar-refractivity contribution in [2.24, 2.45) is 0 Å². The van der Waals surface area contributed by atoms with Crippen molar-refractivity contribution in [1.29, 1.82) is 0 Å². The van der Waals surface area contributed by atoms with Crippen LogP contribution in [0.5, 0.6) is 0 Å². The van der Waals surface area contributed by atoms with Crippen molar-refractivity contribution in [3.05, 3.63) is 58.1 Å². The SMILES string of the molecule is Cc1ccc2[nH]c3c(c2c1)Cc1cc2c(cc1-3)C(C)(C)CCC2(C)C. The first-order valence-corrected chi connectivity index (χ1v) is 9.56. The number of nitrogens with one attached hydrogen (secondary N) is 1. The molecule has 2 aliphatic carbocycles. The molecule has 0 spiro atoms. The van der Waals surface area contributed by atoms with Gasteiger partial charge in [-0.05, 0) is 71.0 Å². The third-order valence-electron chi connectivity index (χ3n) is 6.77. The molecule has 3 aromatic rings. The molecule has 1 heterocycles. The highest BCUT2D eigenvalue weighted by atomic mass is 14.7. The maximum absolute atomic E-state index is 3.71. The molecule has 2 aliphatic rings. The average molecular weight is 329 g/mol. The van der Waals surface area contributed by atoms with Gasteiger partial charge >= 0.3 is 0 Å². The van der Waals surface area contributed by atoms with E-state index in [4.69, 9.17) is 0 Å². The van der Waals surface area contributed by atoms with Gasteiger partial charge in [0.2, 0.25) is 0 Å². The zero-order chi connectivity index (χ0) is 17.6. The molecule has 0 saturated carbocycles. The van der Waals surface area contributed by atoms with Crippen LogP contribution in [0.2, 0.25) is 0 Å². The molecule has 0 saturated heterocycles. The Balaban J connectivity index is 1.78. The van der Waals surface area contributed by atoms with Gasteiger partial charge in [0.05, 0.1) is 5.69 Å². The maximum atomic E-state index is 3.71. The van der Waals surface area contributed by atoms with E-state index in [1.165, 1.54) is 51.7 Å². The number of aryl methyl sites for hydroxylation is 1. The second kappa shape index (κ2) is 4.58. The molecule has 0 amide bonds. The number of aromatic nitrogens is 1. The maximum Gasteiger partial charge on any atom is 0.0503 e. The Bertz CT molecular complexity index is 1030. The summed E-state index contributed by atoms with van der Waals surface area (Å²) in [5, 5.41) is 1.41. The summed E-state index contributed by atoms with van der Waals surface area (Å²) < 4.78 is 0. The fourth-order valence-electron chi connectivity index (χ4n) is 5.00. The molecule has 0 radical (unpaired) electrons. The lowest BCUT2D eigenvalue weighted by Gasteiger charge is -2.42. The predicted molar refractivity (Wildman–Crippen MR) is 107 cm³/mol. The van der Waals surface area contributed by atoms with Crippen LogP contribution in [-0.4, -0.2) is 4.98 Å². The van der Waals surface area contributed by atoms with Gasteiger partial charge < -0.3 is 4.98 Å². The van der Waals surface area contributed by atoms with Crippen LogP contribution in [0, 0.1) is 6.92 Å². The van der Waals surface area contributed by atoms with Crippen LogP contribution < -0.4 is 0 Å². The molecule has 1 nitrogen and oxygen atoms in total. The Hall–Kier alpha value is -2.02. The number of aromatic amines is 1. The summed E-state index contributed by atoms with van der Waals surface area (Å²) in [6.07, 6.45) is 3.61. The lowest BCUT2D eigenvalue weighted by Crippen LogP contribution is -2.34. The lowest BCUT2D eigenvalue weighted by molar-refractivity contribution is 0.332. The smallest absolute Gasteiger partial charge is 0.0503 e. The minimum absolute atomic E-state index is 0.269. The van der Waals surface area contributed by atoms with E-state index in [0.29, 0.717) is 0 Å². The van der Waals surface area contributed by atoms with Crippen LogP contribution in [0.15, 0.2) is 30.3 Å². The summed E-state index contributed by atoms with van der Waals surface area (Å²) in [5.41, 5.74) is 12.1. The van der Waals surface area contributed by atoms with Gasteiger partial charge in [0.15, 0.2) is 0 Å². The van der Waals surface area contributed by atoms with Gasteiger partial charge in [-0.25, -0.2) is 0 Å². The van der Waals surface area contributed by atoms with Crippen molar-refractivity contribution < 1.29 is 0 Å². The topological polar surface area (TPSA) is 15.8 Å². The van der Waals surface area contributed by atoms with Crippen molar-refractivity contribution in [1.82, 2.24) is 4.98 Å². The highest BCUT2D eigenvalue weighted by Gasteiger charge is 2.38. The Kier molecular flexibility index (Phi) is 2.79. The Morgan fingerprint density at radius 3 is 2.28 bits per heavy atom. The molecule has 0 fully saturated rings. The summed E-state index contributed by atoms with van der Waals surface area (Å²) in [6.45, 7) is 11.8. The quantitative estimate of drug-likeness (QED) is 0.384. The summed E-state index contributed by atoms with van der Waals surface area (Å²) in [5.74, 6) is 0. The Morgan fingerprint density at radius 1 is 0.880 bits per heavy atom. The van der Waals surface area contributed by atoms with E-state index in [-0.39, 0.29) is 10.8 Å². The highest BCUT2D eigenvalue weighted by Crippen LogP contribution is 2.50. The number of hydrogen-bond donors (Lipinski definition) is 1. The molecule has 5 rings (SSSR count). The van der Waals surface area contributed by atoms with Gasteiger partial charge in [0, 0.05) is 22.9 Å². The first-order valence-electron chi connectivity index (χ1n) is 9.56. The van der Waals surface area contributed by atoms with Gasteiger partial charge in [-0.15, -0.1) is 0 Å². The fourth-order valence-corrected chi connectivity index (χ4v) is 5.00. The summed E-state index contributed by atoms with van der Waals surface area (Å²) >= 11 is 0. The molecule has 128 valence electrons. The van der Waals surface area contributed by atoms with Gasteiger partial charge in [-0.1, -0.05) is 45.4 Å². The van der Waals surface area contributed by atoms with Gasteiger partial charge in [0.1, 0.15) is 0 Å². The van der Waals surface area contributed by atoms with Crippen molar-refractivity contribution in [3.8, 4) is 11.3 Å². The second-order valence-corrected chi connectivity index (χ2v) is 9.53. The van der Waals surface area contributed by atoms with Crippen LogP contribution in [0.25, 0.3) is 22.2 Å². The third-order valence-corrected chi connectivity index (χ3v) is 6.77. The van der Waals surface area contributed by atoms with Gasteiger partial charge in [0.25, 0.3) is 0 Å². The molecule has 25 heavy (non-hydrogen) atoms. The summed E-state index contributed by atoms with van der Waals surface area (Å²) in [6, 6.07) is 11.8. The van der Waals surface area contributed by atoms with Crippen LogP contribution >= 0.6 is 0 Å². The van der Waals surface area contributed by atoms with Crippen LogP contribution in [0.3, 0.4) is 0 Å². The van der Waals surface area contributed by atoms with Gasteiger partial charge in [-0.2, -0.15) is 0 Å². The zero-order valence-electron chi connectivity index (χ0n) is 16.0. The van der Waals surface area contributed by atoms with Gasteiger partial charge in [-0.3, -0.25) is 0 Å². The van der Waals surface area contributed by atoms with E-state index >= 15 is 0 Å². The number of H-pyrrole nitrogens is 1. The Labute approximate surface area is 150 Å². The van der Waals surface area contributed by atoms with Crippen molar-refractivity contribution >= 4 is 10.9 Å². The van der Waals surface area contributed by atoms with Crippen molar-refractivity contribution in [2.75, 3.05) is 0 Å². The van der Waals surface area contributed by atoms with Crippen LogP contribution in [0.1, 0.15) is 68.4 Å². The lowest BCUT2D eigenvalue weighted by atomic mass is 9.62. The first-order chi connectivity index (χ1) is 11.8. The first kappa shape index (κ1) is 15.3. The minimum Gasteiger partial charge on any atom is -0.354 e. The molecule has 1 N–H and O–H groups in total. The highest BCUT2D eigenvalue weighted by molar-refractivity contribution is 5.95. The zero-order valence-corrected chi connectivity index (χ0v) is 16.0. The van der Waals surface area contributed by atoms with Crippen molar-refractivity contribution in [3.63, 3.8) is 0 Å². The van der Waals surface area contributed by atoms with Crippen LogP contribution in [0.4, 0.5) is 0 Å². The molecule has 0 bridgehead atoms. The summed E-state index contributed by atoms with van der Waals surface area (Å²) in [4.78, 5) is 3.71. The van der Waals surface area contributed by atoms with E-state index in [2.05, 4.69) is 69.9 Å². The molecule has 1 aromatic heterocycles. The second-order valence-electron chi connectivity index (χ2n) is 9.53. The molecular formula is C24H27N. The minimum atomic E-state index is 0.269. The Morgan fingerprint density at radius 2 is 1.56 bits per heavy atom. The molecular weight excluding hydrogens is 302 g/mol. The van der Waals surface area contributed by atoms with E-state index in [1.54, 1.807) is 11.1 Å². The van der Waals surface area contributed by atoms with Crippen molar-refractivity contribution in [2.45, 2.75) is 64.7 Å². The molecule has 1 heteroatoms. The number of benzene rings is 2. The third kappa shape index (κ3) is 2.02. The molecule has 0 unspecified atom stereocenters. The summed E-state index contributed by atoms with van der Waals surface area (Å²) in [7, 11) is 0. The number of fused-ring (bicyclic) bond motifs is 6. The number of hydrogen-bond acceptors (Lipinski definition) is 0. The fraction of sp³-hybridized carbons (Fsp3) is 0.417. The van der Waals surface area contributed by atoms with E-state index < -0.39 is 0 Å². The van der Waals surface area contributed by atoms with E-state index in [9.17, 15) is 0 Å². The molecule has 0 aliphatic heterocycles. The monoisotopic (exact) mass is 329 g/mol. The standard InChI is InChI=1S/C24H27N/c1-14-6-7-21-17(10-14)18-11-15-12-19-20(13-16(15)22(18)25-21)24(4,5)9-8-23(19,2)3/h6-7,10,12-13,25H,8-9,11H2,1-5H3. The van der Waals surface area contributed by atoms with Crippen LogP contribution in [-0.2, 0) is 17.3 Å². The van der Waals surface area contributed by atoms with E-state index in [0.717, 1.165) is 6.42 Å². The normalized spacial score (nSPS) is 19.6. The van der Waals surface area contributed by atoms with E-state index in [1.807, 2.05) is 0 Å².